The molecule has 0 aromatic heterocycles. The molecule has 0 spiro atoms. The minimum atomic E-state index is 0. The number of aliphatic imine (C=N–C) groups is 1. The Labute approximate surface area is 180 Å². The molecule has 2 bridgehead atoms. The van der Waals surface area contributed by atoms with E-state index in [1.165, 1.54) is 37.7 Å². The van der Waals surface area contributed by atoms with Crippen LogP contribution in [0, 0.1) is 0 Å². The molecule has 2 heterocycles. The van der Waals surface area contributed by atoms with Gasteiger partial charge in [-0.25, -0.2) is 0 Å². The van der Waals surface area contributed by atoms with Crippen molar-refractivity contribution in [3.63, 3.8) is 0 Å². The summed E-state index contributed by atoms with van der Waals surface area (Å²) in [4.78, 5) is 7.01. The average molecular weight is 491 g/mol. The summed E-state index contributed by atoms with van der Waals surface area (Å²) < 4.78 is 0. The smallest absolute Gasteiger partial charge is 0.191 e. The summed E-state index contributed by atoms with van der Waals surface area (Å²) in [6.07, 6.45) is 8.57. The summed E-state index contributed by atoms with van der Waals surface area (Å²) in [5.74, 6) is 0.937. The Morgan fingerprint density at radius 1 is 1.23 bits per heavy atom. The Hall–Kier alpha value is -0.530. The normalized spacial score (nSPS) is 26.1. The molecule has 2 atom stereocenters. The maximum Gasteiger partial charge on any atom is 0.191 e. The molecule has 2 unspecified atom stereocenters. The number of piperidine rings is 2. The number of hydrogen-bond acceptors (Lipinski definition) is 2. The minimum Gasteiger partial charge on any atom is -0.356 e. The summed E-state index contributed by atoms with van der Waals surface area (Å²) in [5.41, 5.74) is 1.22. The average Bonchev–Trinajstić information content (AvgIpc) is 2.59. The summed E-state index contributed by atoms with van der Waals surface area (Å²) in [6, 6.07) is 10.1. The molecule has 146 valence electrons. The Morgan fingerprint density at radius 2 is 1.92 bits per heavy atom. The van der Waals surface area contributed by atoms with Crippen LogP contribution in [-0.2, 0) is 6.42 Å². The SMILES string of the molecule is CN=C(NCCCc1ccccc1Cl)NC1CC2CCCC(C1)N2C.I. The lowest BCUT2D eigenvalue weighted by Crippen LogP contribution is -2.56. The topological polar surface area (TPSA) is 39.7 Å². The maximum atomic E-state index is 6.22. The summed E-state index contributed by atoms with van der Waals surface area (Å²) >= 11 is 6.22. The van der Waals surface area contributed by atoms with Gasteiger partial charge in [-0.05, 0) is 57.2 Å². The highest BCUT2D eigenvalue weighted by Gasteiger charge is 2.36. The van der Waals surface area contributed by atoms with E-state index in [4.69, 9.17) is 11.6 Å². The van der Waals surface area contributed by atoms with Crippen molar-refractivity contribution in [2.24, 2.45) is 4.99 Å². The molecular formula is C20H32ClIN4. The quantitative estimate of drug-likeness (QED) is 0.283. The molecule has 0 amide bonds. The van der Waals surface area contributed by atoms with Crippen LogP contribution in [0.25, 0.3) is 0 Å². The second kappa shape index (κ2) is 10.7. The third kappa shape index (κ3) is 5.73. The number of nitrogens with zero attached hydrogens (tertiary/aromatic N) is 2. The highest BCUT2D eigenvalue weighted by atomic mass is 127. The minimum absolute atomic E-state index is 0. The van der Waals surface area contributed by atoms with Gasteiger partial charge >= 0.3 is 0 Å². The van der Waals surface area contributed by atoms with Gasteiger partial charge in [-0.3, -0.25) is 4.99 Å². The Kier molecular flexibility index (Phi) is 8.97. The molecule has 2 fully saturated rings. The molecule has 2 saturated heterocycles. The fourth-order valence-corrected chi connectivity index (χ4v) is 4.54. The number of hydrogen-bond donors (Lipinski definition) is 2. The summed E-state index contributed by atoms with van der Waals surface area (Å²) in [5, 5.41) is 7.98. The fraction of sp³-hybridized carbons (Fsp3) is 0.650. The number of benzene rings is 1. The maximum absolute atomic E-state index is 6.22. The van der Waals surface area contributed by atoms with Crippen LogP contribution in [0.1, 0.15) is 44.1 Å². The van der Waals surface area contributed by atoms with Gasteiger partial charge in [0.15, 0.2) is 5.96 Å². The molecule has 2 N–H and O–H groups in total. The zero-order valence-corrected chi connectivity index (χ0v) is 19.0. The van der Waals surface area contributed by atoms with Gasteiger partial charge in [-0.15, -0.1) is 24.0 Å². The van der Waals surface area contributed by atoms with E-state index in [0.717, 1.165) is 42.5 Å². The Morgan fingerprint density at radius 3 is 2.58 bits per heavy atom. The van der Waals surface area contributed by atoms with E-state index in [0.29, 0.717) is 6.04 Å². The van der Waals surface area contributed by atoms with Gasteiger partial charge in [0.1, 0.15) is 0 Å². The van der Waals surface area contributed by atoms with Crippen LogP contribution in [-0.4, -0.2) is 49.6 Å². The third-order valence-corrected chi connectivity index (χ3v) is 6.15. The molecule has 4 nitrogen and oxygen atoms in total. The summed E-state index contributed by atoms with van der Waals surface area (Å²) in [6.45, 7) is 0.907. The van der Waals surface area contributed by atoms with Crippen molar-refractivity contribution in [1.82, 2.24) is 15.5 Å². The molecule has 0 saturated carbocycles. The van der Waals surface area contributed by atoms with Crippen LogP contribution < -0.4 is 10.6 Å². The van der Waals surface area contributed by atoms with E-state index >= 15 is 0 Å². The van der Waals surface area contributed by atoms with Gasteiger partial charge in [0, 0.05) is 36.7 Å². The van der Waals surface area contributed by atoms with E-state index in [9.17, 15) is 0 Å². The Bertz CT molecular complexity index is 581. The summed E-state index contributed by atoms with van der Waals surface area (Å²) in [7, 11) is 4.16. The first-order valence-corrected chi connectivity index (χ1v) is 9.97. The monoisotopic (exact) mass is 490 g/mol. The molecule has 6 heteroatoms. The predicted molar refractivity (Wildman–Crippen MR) is 122 cm³/mol. The number of guanidine groups is 1. The zero-order valence-electron chi connectivity index (χ0n) is 15.9. The first-order valence-electron chi connectivity index (χ1n) is 9.60. The van der Waals surface area contributed by atoms with E-state index in [2.05, 4.69) is 33.6 Å². The zero-order chi connectivity index (χ0) is 17.6. The third-order valence-electron chi connectivity index (χ3n) is 5.78. The lowest BCUT2D eigenvalue weighted by Gasteiger charge is -2.47. The van der Waals surface area contributed by atoms with Crippen molar-refractivity contribution in [2.75, 3.05) is 20.6 Å². The highest BCUT2D eigenvalue weighted by molar-refractivity contribution is 14.0. The van der Waals surface area contributed by atoms with Crippen molar-refractivity contribution in [3.8, 4) is 0 Å². The predicted octanol–water partition coefficient (Wildman–Crippen LogP) is 4.07. The first kappa shape index (κ1) is 21.8. The van der Waals surface area contributed by atoms with E-state index < -0.39 is 0 Å². The highest BCUT2D eigenvalue weighted by Crippen LogP contribution is 2.32. The van der Waals surface area contributed by atoms with Crippen LogP contribution in [0.4, 0.5) is 0 Å². The van der Waals surface area contributed by atoms with Crippen molar-refractivity contribution in [2.45, 2.75) is 63.1 Å². The lowest BCUT2D eigenvalue weighted by molar-refractivity contribution is 0.0526. The molecule has 3 rings (SSSR count). The van der Waals surface area contributed by atoms with E-state index in [1.807, 2.05) is 25.2 Å². The van der Waals surface area contributed by atoms with Crippen LogP contribution in [0.2, 0.25) is 5.02 Å². The van der Waals surface area contributed by atoms with Crippen LogP contribution in [0.5, 0.6) is 0 Å². The van der Waals surface area contributed by atoms with Crippen LogP contribution in [0.3, 0.4) is 0 Å². The van der Waals surface area contributed by atoms with Crippen LogP contribution >= 0.6 is 35.6 Å². The molecule has 1 aromatic carbocycles. The lowest BCUT2D eigenvalue weighted by atomic mass is 9.82. The molecule has 2 aliphatic heterocycles. The second-order valence-electron chi connectivity index (χ2n) is 7.41. The van der Waals surface area contributed by atoms with Gasteiger partial charge in [-0.2, -0.15) is 0 Å². The van der Waals surface area contributed by atoms with Crippen molar-refractivity contribution in [1.29, 1.82) is 0 Å². The van der Waals surface area contributed by atoms with Gasteiger partial charge < -0.3 is 15.5 Å². The van der Waals surface area contributed by atoms with Gasteiger partial charge in [-0.1, -0.05) is 36.2 Å². The molecule has 2 aliphatic rings. The van der Waals surface area contributed by atoms with Crippen molar-refractivity contribution < 1.29 is 0 Å². The van der Waals surface area contributed by atoms with Gasteiger partial charge in [0.2, 0.25) is 0 Å². The van der Waals surface area contributed by atoms with Crippen molar-refractivity contribution >= 4 is 41.5 Å². The fourth-order valence-electron chi connectivity index (χ4n) is 4.31. The van der Waals surface area contributed by atoms with E-state index in [-0.39, 0.29) is 24.0 Å². The molecule has 0 radical (unpaired) electrons. The van der Waals surface area contributed by atoms with Gasteiger partial charge in [0.05, 0.1) is 0 Å². The molecular weight excluding hydrogens is 459 g/mol. The first-order chi connectivity index (χ1) is 12.2. The molecule has 26 heavy (non-hydrogen) atoms. The number of nitrogens with one attached hydrogen (secondary N) is 2. The van der Waals surface area contributed by atoms with Crippen LogP contribution in [0.15, 0.2) is 29.3 Å². The largest absolute Gasteiger partial charge is 0.356 e. The number of halogens is 2. The van der Waals surface area contributed by atoms with E-state index in [1.54, 1.807) is 0 Å². The van der Waals surface area contributed by atoms with Gasteiger partial charge in [0.25, 0.3) is 0 Å². The number of rotatable bonds is 5. The second-order valence-corrected chi connectivity index (χ2v) is 7.82. The Balaban J connectivity index is 0.00000243. The molecule has 0 aliphatic carbocycles. The molecule has 1 aromatic rings. The number of fused-ring (bicyclic) bond motifs is 2. The van der Waals surface area contributed by atoms with Crippen molar-refractivity contribution in [3.05, 3.63) is 34.9 Å². The number of aryl methyl sites for hydroxylation is 1. The standard InChI is InChI=1S/C20H31ClN4.HI/c1-22-20(23-12-6-8-15-7-3-4-11-19(15)21)24-16-13-17-9-5-10-18(14-16)25(17)2;/h3-4,7,11,16-18H,5-6,8-10,12-14H2,1-2H3,(H2,22,23,24);1H.